The van der Waals surface area contributed by atoms with Crippen molar-refractivity contribution in [1.82, 2.24) is 15.1 Å². The maximum atomic E-state index is 10.9. The highest BCUT2D eigenvalue weighted by atomic mass is 16.3. The SMILES string of the molecule is CN(CC(O)N1CCNCC1)C(C)(C)C=O. The van der Waals surface area contributed by atoms with Crippen LogP contribution in [-0.2, 0) is 4.79 Å². The van der Waals surface area contributed by atoms with Gasteiger partial charge in [0.1, 0.15) is 12.5 Å². The Balaban J connectivity index is 2.43. The fourth-order valence-corrected chi connectivity index (χ4v) is 1.67. The summed E-state index contributed by atoms with van der Waals surface area (Å²) in [7, 11) is 1.86. The first kappa shape index (κ1) is 13.6. The second-order valence-electron chi connectivity index (χ2n) is 4.92. The van der Waals surface area contributed by atoms with Crippen LogP contribution in [0.2, 0.25) is 0 Å². The summed E-state index contributed by atoms with van der Waals surface area (Å²) in [4.78, 5) is 14.8. The number of likely N-dealkylation sites (N-methyl/N-ethyl adjacent to an activating group) is 1. The molecule has 0 saturated carbocycles. The van der Waals surface area contributed by atoms with Gasteiger partial charge in [-0.15, -0.1) is 0 Å². The van der Waals surface area contributed by atoms with Gasteiger partial charge >= 0.3 is 0 Å². The minimum atomic E-state index is -0.519. The summed E-state index contributed by atoms with van der Waals surface area (Å²) in [5, 5.41) is 13.3. The zero-order chi connectivity index (χ0) is 12.2. The summed E-state index contributed by atoms with van der Waals surface area (Å²) < 4.78 is 0. The molecule has 0 aromatic carbocycles. The molecule has 2 N–H and O–H groups in total. The fourth-order valence-electron chi connectivity index (χ4n) is 1.67. The molecular formula is C11H23N3O2. The Morgan fingerprint density at radius 1 is 1.50 bits per heavy atom. The topological polar surface area (TPSA) is 55.8 Å². The summed E-state index contributed by atoms with van der Waals surface area (Å²) in [5.74, 6) is 0. The predicted molar refractivity (Wildman–Crippen MR) is 63.2 cm³/mol. The van der Waals surface area contributed by atoms with Gasteiger partial charge in [0.05, 0.1) is 5.54 Å². The number of carbonyl (C=O) groups excluding carboxylic acids is 1. The molecule has 0 aliphatic carbocycles. The number of nitrogens with zero attached hydrogens (tertiary/aromatic N) is 2. The van der Waals surface area contributed by atoms with Gasteiger partial charge in [0.2, 0.25) is 0 Å². The lowest BCUT2D eigenvalue weighted by Gasteiger charge is -2.37. The smallest absolute Gasteiger partial charge is 0.139 e. The lowest BCUT2D eigenvalue weighted by atomic mass is 10.1. The lowest BCUT2D eigenvalue weighted by Crippen LogP contribution is -2.54. The predicted octanol–water partition coefficient (Wildman–Crippen LogP) is -0.881. The Morgan fingerprint density at radius 2 is 2.06 bits per heavy atom. The molecule has 1 unspecified atom stereocenters. The van der Waals surface area contributed by atoms with E-state index in [-0.39, 0.29) is 0 Å². The third kappa shape index (κ3) is 3.52. The van der Waals surface area contributed by atoms with Gasteiger partial charge in [-0.25, -0.2) is 0 Å². The molecule has 1 saturated heterocycles. The van der Waals surface area contributed by atoms with Crippen LogP contribution >= 0.6 is 0 Å². The Bertz CT molecular complexity index is 227. The Hall–Kier alpha value is -0.490. The van der Waals surface area contributed by atoms with Crippen molar-refractivity contribution in [3.63, 3.8) is 0 Å². The van der Waals surface area contributed by atoms with Gasteiger partial charge in [-0.05, 0) is 20.9 Å². The normalized spacial score (nSPS) is 21.1. The number of aldehydes is 1. The zero-order valence-electron chi connectivity index (χ0n) is 10.4. The number of aliphatic hydroxyl groups excluding tert-OH is 1. The molecule has 0 amide bonds. The molecule has 0 bridgehead atoms. The van der Waals surface area contributed by atoms with E-state index in [0.29, 0.717) is 6.54 Å². The average molecular weight is 229 g/mol. The van der Waals surface area contributed by atoms with Gasteiger partial charge in [0, 0.05) is 32.7 Å². The number of β-amino-alcohol motifs (C(OH)–C–C–N with tert-alkyl or cyclic N) is 1. The van der Waals surface area contributed by atoms with Gasteiger partial charge < -0.3 is 15.2 Å². The van der Waals surface area contributed by atoms with E-state index in [2.05, 4.69) is 5.32 Å². The molecule has 5 heteroatoms. The van der Waals surface area contributed by atoms with Crippen molar-refractivity contribution in [2.75, 3.05) is 39.8 Å². The van der Waals surface area contributed by atoms with Gasteiger partial charge in [0.15, 0.2) is 0 Å². The number of carbonyl (C=O) groups is 1. The van der Waals surface area contributed by atoms with Crippen LogP contribution in [0.1, 0.15) is 13.8 Å². The summed E-state index contributed by atoms with van der Waals surface area (Å²) >= 11 is 0. The van der Waals surface area contributed by atoms with E-state index in [1.807, 2.05) is 30.7 Å². The van der Waals surface area contributed by atoms with Gasteiger partial charge in [-0.1, -0.05) is 0 Å². The monoisotopic (exact) mass is 229 g/mol. The molecule has 1 atom stereocenters. The first-order valence-electron chi connectivity index (χ1n) is 5.78. The van der Waals surface area contributed by atoms with Crippen LogP contribution in [0.5, 0.6) is 0 Å². The Kier molecular flexibility index (Phi) is 4.86. The van der Waals surface area contributed by atoms with Crippen molar-refractivity contribution in [1.29, 1.82) is 0 Å². The van der Waals surface area contributed by atoms with Crippen LogP contribution in [-0.4, -0.2) is 72.7 Å². The summed E-state index contributed by atoms with van der Waals surface area (Å²) in [6.45, 7) is 7.74. The van der Waals surface area contributed by atoms with Crippen LogP contribution in [0.3, 0.4) is 0 Å². The first-order chi connectivity index (χ1) is 7.47. The first-order valence-corrected chi connectivity index (χ1v) is 5.78. The highest BCUT2D eigenvalue weighted by Crippen LogP contribution is 2.10. The molecule has 1 aliphatic heterocycles. The van der Waals surface area contributed by atoms with Gasteiger partial charge in [-0.3, -0.25) is 9.80 Å². The molecule has 16 heavy (non-hydrogen) atoms. The number of hydrogen-bond donors (Lipinski definition) is 2. The summed E-state index contributed by atoms with van der Waals surface area (Å²) in [6.07, 6.45) is 0.420. The number of nitrogens with one attached hydrogen (secondary N) is 1. The molecule has 94 valence electrons. The maximum absolute atomic E-state index is 10.9. The molecule has 1 rings (SSSR count). The molecule has 0 aromatic heterocycles. The van der Waals surface area contributed by atoms with Gasteiger partial charge in [0.25, 0.3) is 0 Å². The fraction of sp³-hybridized carbons (Fsp3) is 0.909. The molecule has 1 aliphatic rings. The van der Waals surface area contributed by atoms with Crippen molar-refractivity contribution < 1.29 is 9.90 Å². The van der Waals surface area contributed by atoms with E-state index >= 15 is 0 Å². The van der Waals surface area contributed by atoms with Crippen molar-refractivity contribution in [2.45, 2.75) is 25.6 Å². The van der Waals surface area contributed by atoms with E-state index in [4.69, 9.17) is 0 Å². The molecular weight excluding hydrogens is 206 g/mol. The van der Waals surface area contributed by atoms with Crippen LogP contribution < -0.4 is 5.32 Å². The zero-order valence-corrected chi connectivity index (χ0v) is 10.4. The highest BCUT2D eigenvalue weighted by molar-refractivity contribution is 5.62. The molecule has 0 radical (unpaired) electrons. The lowest BCUT2D eigenvalue weighted by molar-refractivity contribution is -0.118. The maximum Gasteiger partial charge on any atom is 0.139 e. The largest absolute Gasteiger partial charge is 0.377 e. The van der Waals surface area contributed by atoms with E-state index < -0.39 is 11.8 Å². The number of piperazine rings is 1. The second kappa shape index (κ2) is 5.72. The Labute approximate surface area is 97.4 Å². The minimum absolute atomic E-state index is 0.492. The van der Waals surface area contributed by atoms with E-state index in [0.717, 1.165) is 32.5 Å². The molecule has 0 spiro atoms. The van der Waals surface area contributed by atoms with E-state index in [1.165, 1.54) is 0 Å². The highest BCUT2D eigenvalue weighted by Gasteiger charge is 2.27. The standard InChI is InChI=1S/C11H23N3O2/c1-11(2,9-15)13(3)8-10(16)14-6-4-12-5-7-14/h9-10,12,16H,4-8H2,1-3H3. The third-order valence-electron chi connectivity index (χ3n) is 3.28. The Morgan fingerprint density at radius 3 is 2.56 bits per heavy atom. The number of rotatable bonds is 5. The molecule has 0 aromatic rings. The number of aliphatic hydroxyl groups is 1. The third-order valence-corrected chi connectivity index (χ3v) is 3.28. The summed E-state index contributed by atoms with van der Waals surface area (Å²) in [6, 6.07) is 0. The quantitative estimate of drug-likeness (QED) is 0.600. The van der Waals surface area contributed by atoms with E-state index in [1.54, 1.807) is 0 Å². The van der Waals surface area contributed by atoms with Crippen LogP contribution in [0, 0.1) is 0 Å². The molecule has 1 fully saturated rings. The van der Waals surface area contributed by atoms with Crippen molar-refractivity contribution >= 4 is 6.29 Å². The van der Waals surface area contributed by atoms with Crippen LogP contribution in [0.15, 0.2) is 0 Å². The van der Waals surface area contributed by atoms with Crippen molar-refractivity contribution in [3.05, 3.63) is 0 Å². The average Bonchev–Trinajstić information content (AvgIpc) is 2.30. The summed E-state index contributed by atoms with van der Waals surface area (Å²) in [5.41, 5.74) is -0.519. The molecule has 5 nitrogen and oxygen atoms in total. The van der Waals surface area contributed by atoms with E-state index in [9.17, 15) is 9.90 Å². The van der Waals surface area contributed by atoms with Crippen molar-refractivity contribution in [3.8, 4) is 0 Å². The van der Waals surface area contributed by atoms with Crippen LogP contribution in [0.4, 0.5) is 0 Å². The molecule has 1 heterocycles. The second-order valence-corrected chi connectivity index (χ2v) is 4.92. The van der Waals surface area contributed by atoms with Crippen molar-refractivity contribution in [2.24, 2.45) is 0 Å². The van der Waals surface area contributed by atoms with Crippen LogP contribution in [0.25, 0.3) is 0 Å². The van der Waals surface area contributed by atoms with Gasteiger partial charge in [-0.2, -0.15) is 0 Å². The minimum Gasteiger partial charge on any atom is -0.377 e. The number of hydrogen-bond acceptors (Lipinski definition) is 5.